The maximum atomic E-state index is 12.5. The number of benzene rings is 1. The van der Waals surface area contributed by atoms with Crippen LogP contribution in [0.15, 0.2) is 46.0 Å². The van der Waals surface area contributed by atoms with Gasteiger partial charge in [0, 0.05) is 38.9 Å². The number of piperidine rings is 1. The van der Waals surface area contributed by atoms with Crippen LogP contribution in [0.1, 0.15) is 18.5 Å². The lowest BCUT2D eigenvalue weighted by atomic mass is 9.98. The van der Waals surface area contributed by atoms with Crippen LogP contribution >= 0.6 is 0 Å². The third kappa shape index (κ3) is 4.74. The molecule has 1 fully saturated rings. The zero-order valence-electron chi connectivity index (χ0n) is 16.5. The van der Waals surface area contributed by atoms with E-state index in [9.17, 15) is 19.2 Å². The van der Waals surface area contributed by atoms with Crippen LogP contribution in [0.2, 0.25) is 0 Å². The second kappa shape index (κ2) is 8.76. The second-order valence-electron chi connectivity index (χ2n) is 7.06. The fraction of sp³-hybridized carbons (Fsp3) is 0.400. The molecule has 0 unspecified atom stereocenters. The molecule has 3 rings (SSSR count). The van der Waals surface area contributed by atoms with Gasteiger partial charge in [-0.3, -0.25) is 18.7 Å². The molecular formula is C20H24N4O5. The molecule has 1 atom stereocenters. The van der Waals surface area contributed by atoms with Gasteiger partial charge in [-0.25, -0.2) is 9.59 Å². The topological polar surface area (TPSA) is 103 Å². The van der Waals surface area contributed by atoms with Gasteiger partial charge in [0.05, 0.1) is 11.6 Å². The van der Waals surface area contributed by atoms with Gasteiger partial charge in [-0.1, -0.05) is 18.2 Å². The zero-order valence-corrected chi connectivity index (χ0v) is 16.5. The van der Waals surface area contributed by atoms with Gasteiger partial charge in [0.15, 0.2) is 0 Å². The van der Waals surface area contributed by atoms with E-state index in [4.69, 9.17) is 4.74 Å². The number of para-hydroxylation sites is 1. The van der Waals surface area contributed by atoms with Gasteiger partial charge in [-0.2, -0.15) is 0 Å². The molecule has 29 heavy (non-hydrogen) atoms. The number of nitrogens with zero attached hydrogens (tertiary/aromatic N) is 3. The normalized spacial score (nSPS) is 16.3. The number of rotatable bonds is 4. The molecule has 2 aromatic rings. The number of ether oxygens (including phenoxy) is 1. The van der Waals surface area contributed by atoms with Crippen LogP contribution in [0, 0.1) is 5.92 Å². The summed E-state index contributed by atoms with van der Waals surface area (Å²) in [7, 11) is 2.90. The lowest BCUT2D eigenvalue weighted by Gasteiger charge is -2.31. The van der Waals surface area contributed by atoms with E-state index in [0.717, 1.165) is 4.57 Å². The zero-order chi connectivity index (χ0) is 21.0. The maximum absolute atomic E-state index is 12.5. The van der Waals surface area contributed by atoms with Crippen molar-refractivity contribution in [2.24, 2.45) is 20.0 Å². The lowest BCUT2D eigenvalue weighted by molar-refractivity contribution is -0.151. The smallest absolute Gasteiger partial charge is 0.330 e. The number of carbonyl (C=O) groups excluding carboxylic acids is 2. The Morgan fingerprint density at radius 2 is 1.86 bits per heavy atom. The van der Waals surface area contributed by atoms with Crippen LogP contribution in [0.5, 0.6) is 0 Å². The number of amides is 2. The monoisotopic (exact) mass is 400 g/mol. The Bertz CT molecular complexity index is 1010. The van der Waals surface area contributed by atoms with Crippen molar-refractivity contribution in [2.45, 2.75) is 19.4 Å². The Morgan fingerprint density at radius 1 is 1.14 bits per heavy atom. The Hall–Kier alpha value is -3.36. The van der Waals surface area contributed by atoms with Crippen LogP contribution < -0.4 is 16.6 Å². The maximum Gasteiger partial charge on any atom is 0.330 e. The molecule has 1 aromatic heterocycles. The summed E-state index contributed by atoms with van der Waals surface area (Å²) in [6, 6.07) is 10.1. The Balaban J connectivity index is 1.59. The predicted molar refractivity (Wildman–Crippen MR) is 106 cm³/mol. The molecule has 2 heterocycles. The summed E-state index contributed by atoms with van der Waals surface area (Å²) in [6.07, 6.45) is 1.30. The molecule has 9 nitrogen and oxygen atoms in total. The van der Waals surface area contributed by atoms with Gasteiger partial charge < -0.3 is 15.0 Å². The first-order chi connectivity index (χ1) is 13.9. The molecule has 1 saturated heterocycles. The standard InChI is InChI=1S/C20H24N4O5/c1-22-16(11-17(25)23(2)20(22)28)13-29-18(26)14-7-6-10-24(12-14)19(27)21-15-8-4-3-5-9-15/h3-5,8-9,11,14H,6-7,10,12-13H2,1-2H3,(H,21,27)/t14-/m0/s1. The number of hydrogen-bond donors (Lipinski definition) is 1. The van der Waals surface area contributed by atoms with Crippen molar-refractivity contribution in [3.8, 4) is 0 Å². The van der Waals surface area contributed by atoms with Crippen LogP contribution in [0.3, 0.4) is 0 Å². The van der Waals surface area contributed by atoms with Crippen molar-refractivity contribution in [2.75, 3.05) is 18.4 Å². The van der Waals surface area contributed by atoms with Crippen molar-refractivity contribution >= 4 is 17.7 Å². The van der Waals surface area contributed by atoms with Crippen molar-refractivity contribution in [3.63, 3.8) is 0 Å². The van der Waals surface area contributed by atoms with E-state index in [1.807, 2.05) is 18.2 Å². The molecule has 0 aliphatic carbocycles. The summed E-state index contributed by atoms with van der Waals surface area (Å²) in [4.78, 5) is 50.3. The van der Waals surface area contributed by atoms with Gasteiger partial charge >= 0.3 is 17.7 Å². The number of esters is 1. The highest BCUT2D eigenvalue weighted by molar-refractivity contribution is 5.89. The van der Waals surface area contributed by atoms with E-state index in [0.29, 0.717) is 30.8 Å². The fourth-order valence-corrected chi connectivity index (χ4v) is 3.26. The quantitative estimate of drug-likeness (QED) is 0.774. The van der Waals surface area contributed by atoms with Gasteiger partial charge in [-0.15, -0.1) is 0 Å². The number of aromatic nitrogens is 2. The summed E-state index contributed by atoms with van der Waals surface area (Å²) in [5, 5.41) is 2.81. The average molecular weight is 400 g/mol. The molecule has 1 aromatic carbocycles. The number of carbonyl (C=O) groups is 2. The van der Waals surface area contributed by atoms with Crippen LogP contribution in [0.4, 0.5) is 10.5 Å². The van der Waals surface area contributed by atoms with Crippen LogP contribution in [0.25, 0.3) is 0 Å². The van der Waals surface area contributed by atoms with E-state index in [2.05, 4.69) is 5.32 Å². The minimum Gasteiger partial charge on any atom is -0.459 e. The van der Waals surface area contributed by atoms with Crippen LogP contribution in [-0.2, 0) is 30.2 Å². The summed E-state index contributed by atoms with van der Waals surface area (Å²) in [6.45, 7) is 0.645. The highest BCUT2D eigenvalue weighted by atomic mass is 16.5. The van der Waals surface area contributed by atoms with Gasteiger partial charge in [0.25, 0.3) is 5.56 Å². The summed E-state index contributed by atoms with van der Waals surface area (Å²) < 4.78 is 7.59. The largest absolute Gasteiger partial charge is 0.459 e. The molecule has 2 amide bonds. The first kappa shape index (κ1) is 20.4. The van der Waals surface area contributed by atoms with Gasteiger partial charge in [-0.05, 0) is 25.0 Å². The fourth-order valence-electron chi connectivity index (χ4n) is 3.26. The third-order valence-electron chi connectivity index (χ3n) is 5.05. The molecular weight excluding hydrogens is 376 g/mol. The van der Waals surface area contributed by atoms with Gasteiger partial charge in [0.1, 0.15) is 6.61 Å². The summed E-state index contributed by atoms with van der Waals surface area (Å²) >= 11 is 0. The number of likely N-dealkylation sites (tertiary alicyclic amines) is 1. The molecule has 154 valence electrons. The first-order valence-electron chi connectivity index (χ1n) is 9.40. The van der Waals surface area contributed by atoms with Crippen molar-refractivity contribution in [3.05, 3.63) is 62.9 Å². The highest BCUT2D eigenvalue weighted by Gasteiger charge is 2.29. The second-order valence-corrected chi connectivity index (χ2v) is 7.06. The van der Waals surface area contributed by atoms with Crippen molar-refractivity contribution in [1.82, 2.24) is 14.0 Å². The van der Waals surface area contributed by atoms with Crippen molar-refractivity contribution < 1.29 is 14.3 Å². The van der Waals surface area contributed by atoms with E-state index < -0.39 is 23.1 Å². The van der Waals surface area contributed by atoms with E-state index in [1.54, 1.807) is 17.0 Å². The Labute approximate surface area is 167 Å². The SMILES string of the molecule is Cn1c(COC(=O)[C@H]2CCCN(C(=O)Nc3ccccc3)C2)cc(=O)n(C)c1=O. The summed E-state index contributed by atoms with van der Waals surface area (Å²) in [5.74, 6) is -0.899. The molecule has 0 radical (unpaired) electrons. The van der Waals surface area contributed by atoms with Gasteiger partial charge in [0.2, 0.25) is 0 Å². The van der Waals surface area contributed by atoms with Crippen molar-refractivity contribution in [1.29, 1.82) is 0 Å². The molecule has 1 N–H and O–H groups in total. The predicted octanol–water partition coefficient (Wildman–Crippen LogP) is 1.07. The highest BCUT2D eigenvalue weighted by Crippen LogP contribution is 2.19. The average Bonchev–Trinajstić information content (AvgIpc) is 2.74. The number of hydrogen-bond acceptors (Lipinski definition) is 5. The Kier molecular flexibility index (Phi) is 6.16. The molecule has 9 heteroatoms. The molecule has 1 aliphatic heterocycles. The number of anilines is 1. The minimum atomic E-state index is -0.482. The molecule has 0 spiro atoms. The van der Waals surface area contributed by atoms with E-state index in [-0.39, 0.29) is 19.2 Å². The lowest BCUT2D eigenvalue weighted by Crippen LogP contribution is -2.44. The molecule has 0 saturated carbocycles. The molecule has 1 aliphatic rings. The van der Waals surface area contributed by atoms with E-state index in [1.165, 1.54) is 24.7 Å². The minimum absolute atomic E-state index is 0.173. The first-order valence-corrected chi connectivity index (χ1v) is 9.40. The third-order valence-corrected chi connectivity index (χ3v) is 5.05. The number of nitrogens with one attached hydrogen (secondary N) is 1. The summed E-state index contributed by atoms with van der Waals surface area (Å²) in [5.41, 5.74) is 0.0697. The number of urea groups is 1. The molecule has 0 bridgehead atoms. The van der Waals surface area contributed by atoms with E-state index >= 15 is 0 Å². The van der Waals surface area contributed by atoms with Crippen LogP contribution in [-0.4, -0.2) is 39.1 Å². The Morgan fingerprint density at radius 3 is 2.59 bits per heavy atom.